The molecule has 0 bridgehead atoms. The number of likely N-dealkylation sites (N-methyl/N-ethyl adjacent to an activating group) is 1. The molecule has 6 nitrogen and oxygen atoms in total. The van der Waals surface area contributed by atoms with Crippen molar-refractivity contribution in [3.05, 3.63) is 28.8 Å². The highest BCUT2D eigenvalue weighted by Gasteiger charge is 2.60. The molecule has 0 unspecified atom stereocenters. The Balaban J connectivity index is 1.19. The van der Waals surface area contributed by atoms with E-state index in [1.165, 1.54) is 17.6 Å². The summed E-state index contributed by atoms with van der Waals surface area (Å²) in [5.74, 6) is 11.1. The molecule has 3 saturated carbocycles. The first kappa shape index (κ1) is 25.5. The summed E-state index contributed by atoms with van der Waals surface area (Å²) in [6, 6.07) is 1.90. The van der Waals surface area contributed by atoms with Gasteiger partial charge in [0.15, 0.2) is 17.3 Å². The summed E-state index contributed by atoms with van der Waals surface area (Å²) in [7, 11) is 3.77. The molecule has 1 aromatic carbocycles. The summed E-state index contributed by atoms with van der Waals surface area (Å²) in [4.78, 5) is 14.4. The van der Waals surface area contributed by atoms with Crippen molar-refractivity contribution in [2.75, 3.05) is 27.5 Å². The maximum absolute atomic E-state index is 12.2. The van der Waals surface area contributed by atoms with Gasteiger partial charge in [-0.2, -0.15) is 0 Å². The molecule has 0 aromatic heterocycles. The number of carbonyl (C=O) groups excluding carboxylic acids is 1. The van der Waals surface area contributed by atoms with Crippen LogP contribution in [0.15, 0.2) is 17.7 Å². The molecular formula is C33H41NO5. The molecule has 6 heteroatoms. The molecule has 1 aromatic rings. The van der Waals surface area contributed by atoms with E-state index in [1.54, 1.807) is 7.11 Å². The van der Waals surface area contributed by atoms with Crippen LogP contribution in [0.4, 0.5) is 0 Å². The van der Waals surface area contributed by atoms with Crippen LogP contribution in [0.25, 0.3) is 0 Å². The Hall–Kier alpha value is -2.49. The minimum Gasteiger partial charge on any atom is -0.492 e. The van der Waals surface area contributed by atoms with Crippen LogP contribution >= 0.6 is 0 Å². The molecule has 3 fully saturated rings. The third kappa shape index (κ3) is 3.79. The lowest BCUT2D eigenvalue weighted by Crippen LogP contribution is -2.49. The normalized spacial score (nSPS) is 40.4. The second-order valence-corrected chi connectivity index (χ2v) is 13.7. The molecule has 0 amide bonds. The molecule has 1 N–H and O–H groups in total. The van der Waals surface area contributed by atoms with Crippen LogP contribution in [-0.2, 0) is 11.2 Å². The van der Waals surface area contributed by atoms with Gasteiger partial charge in [-0.15, -0.1) is 0 Å². The van der Waals surface area contributed by atoms with Crippen molar-refractivity contribution in [1.82, 2.24) is 4.90 Å². The van der Waals surface area contributed by atoms with Gasteiger partial charge in [-0.1, -0.05) is 31.3 Å². The second-order valence-electron chi connectivity index (χ2n) is 13.7. The highest BCUT2D eigenvalue weighted by Crippen LogP contribution is 2.66. The van der Waals surface area contributed by atoms with Gasteiger partial charge in [0.25, 0.3) is 0 Å². The van der Waals surface area contributed by atoms with Gasteiger partial charge >= 0.3 is 0 Å². The van der Waals surface area contributed by atoms with Gasteiger partial charge in [-0.05, 0) is 105 Å². The summed E-state index contributed by atoms with van der Waals surface area (Å²) >= 11 is 0. The Morgan fingerprint density at radius 1 is 1.13 bits per heavy atom. The minimum atomic E-state index is -0.990. The molecule has 0 saturated heterocycles. The monoisotopic (exact) mass is 531 g/mol. The van der Waals surface area contributed by atoms with E-state index in [0.29, 0.717) is 41.5 Å². The Morgan fingerprint density at radius 2 is 1.97 bits per heavy atom. The number of methoxy groups -OCH3 is 1. The summed E-state index contributed by atoms with van der Waals surface area (Å²) in [6.07, 6.45) is 10.5. The van der Waals surface area contributed by atoms with Crippen LogP contribution in [-0.4, -0.2) is 48.9 Å². The van der Waals surface area contributed by atoms with Crippen molar-refractivity contribution in [1.29, 1.82) is 0 Å². The van der Waals surface area contributed by atoms with Crippen LogP contribution in [0.1, 0.15) is 82.4 Å². The van der Waals surface area contributed by atoms with Crippen molar-refractivity contribution < 1.29 is 24.1 Å². The fraction of sp³-hybridized carbons (Fsp3) is 0.667. The molecule has 7 rings (SSSR count). The van der Waals surface area contributed by atoms with Crippen LogP contribution in [0, 0.1) is 40.4 Å². The number of allylic oxidation sites excluding steroid dienone is 1. The Bertz CT molecular complexity index is 1320. The lowest BCUT2D eigenvalue weighted by atomic mass is 9.47. The molecule has 0 radical (unpaired) electrons. The van der Waals surface area contributed by atoms with E-state index in [4.69, 9.17) is 14.2 Å². The lowest BCUT2D eigenvalue weighted by molar-refractivity contribution is -0.117. The number of nitrogens with zero attached hydrogens (tertiary/aromatic N) is 1. The first-order valence-electron chi connectivity index (χ1n) is 14.8. The summed E-state index contributed by atoms with van der Waals surface area (Å²) < 4.78 is 17.3. The third-order valence-electron chi connectivity index (χ3n) is 11.6. The van der Waals surface area contributed by atoms with Crippen LogP contribution < -0.4 is 14.2 Å². The third-order valence-corrected chi connectivity index (χ3v) is 11.6. The zero-order chi connectivity index (χ0) is 27.2. The Labute approximate surface area is 232 Å². The van der Waals surface area contributed by atoms with Crippen LogP contribution in [0.5, 0.6) is 17.2 Å². The molecule has 6 aliphatic rings. The maximum Gasteiger partial charge on any atom is 0.231 e. The maximum atomic E-state index is 12.2. The zero-order valence-corrected chi connectivity index (χ0v) is 23.8. The van der Waals surface area contributed by atoms with Crippen LogP contribution in [0.3, 0.4) is 0 Å². The zero-order valence-electron chi connectivity index (χ0n) is 23.8. The Morgan fingerprint density at radius 3 is 2.79 bits per heavy atom. The van der Waals surface area contributed by atoms with E-state index in [2.05, 4.69) is 43.7 Å². The topological polar surface area (TPSA) is 68.2 Å². The lowest BCUT2D eigenvalue weighted by Gasteiger charge is -2.57. The van der Waals surface area contributed by atoms with E-state index >= 15 is 0 Å². The van der Waals surface area contributed by atoms with Gasteiger partial charge in [0, 0.05) is 18.5 Å². The van der Waals surface area contributed by atoms with Gasteiger partial charge in [-0.3, -0.25) is 9.69 Å². The number of aliphatic hydroxyl groups is 1. The smallest absolute Gasteiger partial charge is 0.231 e. The number of hydrogen-bond acceptors (Lipinski definition) is 6. The van der Waals surface area contributed by atoms with Crippen molar-refractivity contribution in [2.45, 2.75) is 83.3 Å². The van der Waals surface area contributed by atoms with Gasteiger partial charge in [0.05, 0.1) is 7.11 Å². The number of ether oxygens (including phenoxy) is 3. The largest absolute Gasteiger partial charge is 0.492 e. The first-order chi connectivity index (χ1) is 18.6. The van der Waals surface area contributed by atoms with E-state index in [9.17, 15) is 9.90 Å². The molecule has 2 aliphatic heterocycles. The number of rotatable bonds is 1. The van der Waals surface area contributed by atoms with Crippen LogP contribution in [0.2, 0.25) is 0 Å². The highest BCUT2D eigenvalue weighted by atomic mass is 16.7. The van der Waals surface area contributed by atoms with Gasteiger partial charge < -0.3 is 19.3 Å². The first-order valence-corrected chi connectivity index (χ1v) is 14.8. The number of hydrogen-bond donors (Lipinski definition) is 1. The Kier molecular flexibility index (Phi) is 5.72. The van der Waals surface area contributed by atoms with Crippen molar-refractivity contribution >= 4 is 5.78 Å². The minimum absolute atomic E-state index is 0.104. The SMILES string of the molecule is COc1c2c(cc3c1[C@H](C#C[C@]1(O)C[C@@H]4[C@@H]5CCC6=CC(=O)CC[C@]6(C)[C@@H]5CC[C@]4(C)C1)N(C)CC3)OCO2. The molecule has 7 atom stereocenters. The molecule has 208 valence electrons. The molecule has 0 spiro atoms. The molecule has 2 heterocycles. The average molecular weight is 532 g/mol. The van der Waals surface area contributed by atoms with Crippen molar-refractivity contribution in [3.63, 3.8) is 0 Å². The second kappa shape index (κ2) is 8.75. The summed E-state index contributed by atoms with van der Waals surface area (Å²) in [5, 5.41) is 12.0. The van der Waals surface area contributed by atoms with E-state index in [0.717, 1.165) is 62.8 Å². The number of ketones is 1. The van der Waals surface area contributed by atoms with Gasteiger partial charge in [0.2, 0.25) is 12.5 Å². The van der Waals surface area contributed by atoms with E-state index < -0.39 is 5.60 Å². The number of carbonyl (C=O) groups is 1. The summed E-state index contributed by atoms with van der Waals surface area (Å²) in [6.45, 7) is 5.90. The fourth-order valence-corrected chi connectivity index (χ4v) is 9.59. The quantitative estimate of drug-likeness (QED) is 0.502. The molecule has 39 heavy (non-hydrogen) atoms. The van der Waals surface area contributed by atoms with Crippen molar-refractivity contribution in [3.8, 4) is 29.1 Å². The summed E-state index contributed by atoms with van der Waals surface area (Å²) in [5.41, 5.74) is 2.87. The van der Waals surface area contributed by atoms with Gasteiger partial charge in [0.1, 0.15) is 11.6 Å². The van der Waals surface area contributed by atoms with Gasteiger partial charge in [-0.25, -0.2) is 0 Å². The molecule has 4 aliphatic carbocycles. The highest BCUT2D eigenvalue weighted by molar-refractivity contribution is 5.91. The average Bonchev–Trinajstić information content (AvgIpc) is 3.48. The fourth-order valence-electron chi connectivity index (χ4n) is 9.59. The molecular weight excluding hydrogens is 490 g/mol. The van der Waals surface area contributed by atoms with E-state index in [1.807, 2.05) is 6.08 Å². The number of fused-ring (bicyclic) bond motifs is 7. The number of benzene rings is 1. The van der Waals surface area contributed by atoms with Crippen molar-refractivity contribution in [2.24, 2.45) is 28.6 Å². The predicted octanol–water partition coefficient (Wildman–Crippen LogP) is 5.22. The van der Waals surface area contributed by atoms with E-state index in [-0.39, 0.29) is 23.7 Å². The predicted molar refractivity (Wildman–Crippen MR) is 148 cm³/mol. The standard InChI is InChI=1S/C33H41NO5/c1-31-11-8-24-23(6-5-21-16-22(35)7-12-32(21,24)2)25(31)17-33(36,18-31)13-9-26-28-20(10-14-34(26)3)15-27-29(30(28)37-4)39-19-38-27/h15-16,23-26,36H,5-8,10-12,14,17-19H2,1-4H3/t23-,24-,25-,26+,31-,32+,33+/m1/s1.